The molecule has 2 nitrogen and oxygen atoms in total. The molecule has 0 spiro atoms. The first-order valence-corrected chi connectivity index (χ1v) is 4.81. The van der Waals surface area contributed by atoms with Crippen LogP contribution >= 0.6 is 11.6 Å². The Morgan fingerprint density at radius 1 is 1.36 bits per heavy atom. The Morgan fingerprint density at radius 3 is 2.71 bits per heavy atom. The lowest BCUT2D eigenvalue weighted by atomic mass is 10.3. The molecule has 74 valence electrons. The summed E-state index contributed by atoms with van der Waals surface area (Å²) >= 11 is 5.70. The van der Waals surface area contributed by atoms with Crippen LogP contribution in [0.5, 0.6) is 0 Å². The molecule has 1 aromatic rings. The molecule has 1 aliphatic heterocycles. The summed E-state index contributed by atoms with van der Waals surface area (Å²) in [6, 6.07) is 4.16. The lowest BCUT2D eigenvalue weighted by Gasteiger charge is -2.15. The number of amides is 1. The third-order valence-corrected chi connectivity index (χ3v) is 2.45. The van der Waals surface area contributed by atoms with Crippen molar-refractivity contribution in [3.8, 4) is 0 Å². The first-order valence-electron chi connectivity index (χ1n) is 4.43. The van der Waals surface area contributed by atoms with E-state index in [1.165, 1.54) is 12.1 Å². The number of benzene rings is 1. The zero-order valence-electron chi connectivity index (χ0n) is 7.46. The molecule has 0 aromatic heterocycles. The Bertz CT molecular complexity index is 360. The number of carbonyl (C=O) groups is 1. The minimum Gasteiger partial charge on any atom is -0.312 e. The molecule has 1 heterocycles. The van der Waals surface area contributed by atoms with E-state index in [1.807, 2.05) is 0 Å². The normalized spacial score (nSPS) is 16.4. The number of hydrogen-bond acceptors (Lipinski definition) is 1. The maximum atomic E-state index is 13.0. The van der Waals surface area contributed by atoms with E-state index in [0.29, 0.717) is 23.7 Å². The summed E-state index contributed by atoms with van der Waals surface area (Å²) in [5, 5.41) is 0.319. The summed E-state index contributed by atoms with van der Waals surface area (Å²) in [6.07, 6.45) is 1.36. The lowest BCUT2D eigenvalue weighted by Crippen LogP contribution is -2.23. The number of halogens is 2. The summed E-state index contributed by atoms with van der Waals surface area (Å²) in [5.41, 5.74) is 0.553. The number of carbonyl (C=O) groups excluding carboxylic acids is 1. The van der Waals surface area contributed by atoms with Gasteiger partial charge >= 0.3 is 0 Å². The highest BCUT2D eigenvalue weighted by Crippen LogP contribution is 2.25. The van der Waals surface area contributed by atoms with Crippen molar-refractivity contribution in [1.29, 1.82) is 0 Å². The molecule has 0 atom stereocenters. The van der Waals surface area contributed by atoms with Crippen LogP contribution in [0.25, 0.3) is 0 Å². The van der Waals surface area contributed by atoms with E-state index in [1.54, 1.807) is 11.0 Å². The van der Waals surface area contributed by atoms with Crippen molar-refractivity contribution in [2.45, 2.75) is 12.8 Å². The Labute approximate surface area is 86.3 Å². The third kappa shape index (κ3) is 1.73. The molecule has 1 saturated heterocycles. The maximum Gasteiger partial charge on any atom is 0.227 e. The fourth-order valence-corrected chi connectivity index (χ4v) is 1.83. The number of hydrogen-bond donors (Lipinski definition) is 0. The fourth-order valence-electron chi connectivity index (χ4n) is 1.62. The highest BCUT2D eigenvalue weighted by atomic mass is 35.5. The monoisotopic (exact) mass is 213 g/mol. The molecule has 1 aliphatic rings. The topological polar surface area (TPSA) is 20.3 Å². The molecule has 0 N–H and O–H groups in total. The van der Waals surface area contributed by atoms with Gasteiger partial charge in [-0.05, 0) is 24.6 Å². The molecule has 0 bridgehead atoms. The Hall–Kier alpha value is -1.09. The second-order valence-electron chi connectivity index (χ2n) is 3.28. The Kier molecular flexibility index (Phi) is 2.42. The summed E-state index contributed by atoms with van der Waals surface area (Å²) in [7, 11) is 0. The van der Waals surface area contributed by atoms with Crippen molar-refractivity contribution in [2.75, 3.05) is 11.4 Å². The second-order valence-corrected chi connectivity index (χ2v) is 3.71. The molecule has 1 fully saturated rings. The largest absolute Gasteiger partial charge is 0.312 e. The molecule has 0 aliphatic carbocycles. The van der Waals surface area contributed by atoms with Crippen molar-refractivity contribution in [1.82, 2.24) is 0 Å². The van der Waals surface area contributed by atoms with Crippen LogP contribution in [0.15, 0.2) is 18.2 Å². The number of nitrogens with zero attached hydrogens (tertiary/aromatic N) is 1. The van der Waals surface area contributed by atoms with Gasteiger partial charge in [-0.15, -0.1) is 0 Å². The molecular formula is C10H9ClFNO. The van der Waals surface area contributed by atoms with Gasteiger partial charge in [-0.25, -0.2) is 4.39 Å². The first-order chi connectivity index (χ1) is 6.66. The molecule has 1 amide bonds. The van der Waals surface area contributed by atoms with Gasteiger partial charge in [0.25, 0.3) is 0 Å². The molecule has 0 radical (unpaired) electrons. The third-order valence-electron chi connectivity index (χ3n) is 2.23. The zero-order valence-corrected chi connectivity index (χ0v) is 8.22. The van der Waals surface area contributed by atoms with Crippen LogP contribution in [-0.4, -0.2) is 12.5 Å². The minimum atomic E-state index is -0.410. The van der Waals surface area contributed by atoms with Crippen LogP contribution in [-0.2, 0) is 4.79 Å². The van der Waals surface area contributed by atoms with Crippen LogP contribution < -0.4 is 4.90 Å². The van der Waals surface area contributed by atoms with Crippen molar-refractivity contribution in [3.05, 3.63) is 29.0 Å². The highest BCUT2D eigenvalue weighted by molar-refractivity contribution is 6.31. The average Bonchev–Trinajstić information content (AvgIpc) is 2.49. The molecule has 0 unspecified atom stereocenters. The van der Waals surface area contributed by atoms with E-state index in [-0.39, 0.29) is 5.91 Å². The van der Waals surface area contributed by atoms with Gasteiger partial charge in [0.05, 0.1) is 0 Å². The van der Waals surface area contributed by atoms with Gasteiger partial charge in [0.15, 0.2) is 0 Å². The van der Waals surface area contributed by atoms with Crippen molar-refractivity contribution < 1.29 is 9.18 Å². The van der Waals surface area contributed by atoms with Gasteiger partial charge < -0.3 is 4.90 Å². The predicted octanol–water partition coefficient (Wildman–Crippen LogP) is 2.61. The van der Waals surface area contributed by atoms with Crippen molar-refractivity contribution in [2.24, 2.45) is 0 Å². The van der Waals surface area contributed by atoms with Crippen molar-refractivity contribution in [3.63, 3.8) is 0 Å². The van der Waals surface area contributed by atoms with E-state index in [2.05, 4.69) is 0 Å². The van der Waals surface area contributed by atoms with E-state index in [4.69, 9.17) is 11.6 Å². The SMILES string of the molecule is O=C1CCCN1c1cc(F)cc(Cl)c1. The van der Waals surface area contributed by atoms with Gasteiger partial charge in [0.2, 0.25) is 5.91 Å². The van der Waals surface area contributed by atoms with Crippen LogP contribution in [0.2, 0.25) is 5.02 Å². The van der Waals surface area contributed by atoms with E-state index >= 15 is 0 Å². The number of rotatable bonds is 1. The Balaban J connectivity index is 2.35. The fraction of sp³-hybridized carbons (Fsp3) is 0.300. The summed E-state index contributed by atoms with van der Waals surface area (Å²) < 4.78 is 13.0. The van der Waals surface area contributed by atoms with Crippen molar-refractivity contribution >= 4 is 23.2 Å². The average molecular weight is 214 g/mol. The van der Waals surface area contributed by atoms with Crippen LogP contribution in [0.1, 0.15) is 12.8 Å². The molecular weight excluding hydrogens is 205 g/mol. The van der Waals surface area contributed by atoms with E-state index in [9.17, 15) is 9.18 Å². The molecule has 0 saturated carbocycles. The summed E-state index contributed by atoms with van der Waals surface area (Å²) in [4.78, 5) is 12.9. The Morgan fingerprint density at radius 2 is 2.14 bits per heavy atom. The van der Waals surface area contributed by atoms with Gasteiger partial charge in [-0.1, -0.05) is 11.6 Å². The minimum absolute atomic E-state index is 0.0340. The maximum absolute atomic E-state index is 13.0. The van der Waals surface area contributed by atoms with Crippen LogP contribution in [0.4, 0.5) is 10.1 Å². The molecule has 4 heteroatoms. The zero-order chi connectivity index (χ0) is 10.1. The number of anilines is 1. The van der Waals surface area contributed by atoms with Gasteiger partial charge in [-0.3, -0.25) is 4.79 Å². The first kappa shape index (κ1) is 9.46. The van der Waals surface area contributed by atoms with Crippen LogP contribution in [0.3, 0.4) is 0 Å². The smallest absolute Gasteiger partial charge is 0.227 e. The van der Waals surface area contributed by atoms with Crippen LogP contribution in [0, 0.1) is 5.82 Å². The van der Waals surface area contributed by atoms with Gasteiger partial charge in [-0.2, -0.15) is 0 Å². The molecule has 1 aromatic carbocycles. The van der Waals surface area contributed by atoms with Gasteiger partial charge in [0.1, 0.15) is 5.82 Å². The second kappa shape index (κ2) is 3.58. The lowest BCUT2D eigenvalue weighted by molar-refractivity contribution is -0.117. The van der Waals surface area contributed by atoms with E-state index < -0.39 is 5.82 Å². The summed E-state index contributed by atoms with van der Waals surface area (Å²) in [5.74, 6) is -0.376. The predicted molar refractivity (Wildman–Crippen MR) is 53.0 cm³/mol. The molecule has 2 rings (SSSR count). The highest BCUT2D eigenvalue weighted by Gasteiger charge is 2.22. The quantitative estimate of drug-likeness (QED) is 0.702. The molecule has 14 heavy (non-hydrogen) atoms. The van der Waals surface area contributed by atoms with Gasteiger partial charge in [0, 0.05) is 23.7 Å². The summed E-state index contributed by atoms with van der Waals surface area (Å²) in [6.45, 7) is 0.651. The standard InChI is InChI=1S/C10H9ClFNO/c11-7-4-8(12)6-9(5-7)13-3-1-2-10(13)14/h4-6H,1-3H2. The van der Waals surface area contributed by atoms with E-state index in [0.717, 1.165) is 6.42 Å².